The molecule has 0 saturated heterocycles. The van der Waals surface area contributed by atoms with E-state index >= 15 is 0 Å². The number of halogens is 1. The molecule has 0 aliphatic heterocycles. The van der Waals surface area contributed by atoms with Crippen LogP contribution >= 0.6 is 15.9 Å². The highest BCUT2D eigenvalue weighted by Gasteiger charge is 1.98. The molecule has 0 bridgehead atoms. The largest absolute Gasteiger partial charge is 0.489 e. The monoisotopic (exact) mass is 333 g/mol. The van der Waals surface area contributed by atoms with E-state index in [-0.39, 0.29) is 0 Å². The summed E-state index contributed by atoms with van der Waals surface area (Å²) in [5.74, 6) is -0.245. The van der Waals surface area contributed by atoms with Crippen LogP contribution in [0.5, 0.6) is 5.75 Å². The van der Waals surface area contributed by atoms with Crippen LogP contribution in [0.1, 0.15) is 11.1 Å². The Balaban J connectivity index is 1.95. The molecule has 0 radical (unpaired) electrons. The minimum absolute atomic E-state index is 0.427. The molecular weight excluding hydrogens is 322 g/mol. The summed E-state index contributed by atoms with van der Waals surface area (Å²) >= 11 is 3.35. The van der Waals surface area contributed by atoms with Crippen molar-refractivity contribution in [2.24, 2.45) is 0 Å². The minimum atomic E-state index is -0.965. The van der Waals surface area contributed by atoms with Crippen LogP contribution in [-0.4, -0.2) is 16.1 Å². The second-order valence-electron chi connectivity index (χ2n) is 4.04. The van der Waals surface area contributed by atoms with Gasteiger partial charge in [0.25, 0.3) is 0 Å². The molecule has 0 unspecified atom stereocenters. The quantitative estimate of drug-likeness (QED) is 0.850. The highest BCUT2D eigenvalue weighted by Crippen LogP contribution is 2.16. The molecule has 0 saturated carbocycles. The number of hydrogen-bond acceptors (Lipinski definition) is 3. The lowest BCUT2D eigenvalue weighted by atomic mass is 10.2. The molecule has 2 rings (SSSR count). The average Bonchev–Trinajstić information content (AvgIpc) is 2.44. The first-order chi connectivity index (χ1) is 9.63. The summed E-state index contributed by atoms with van der Waals surface area (Å²) in [6.45, 7) is 0.427. The summed E-state index contributed by atoms with van der Waals surface area (Å²) in [5, 5.41) is 8.54. The van der Waals surface area contributed by atoms with Crippen LogP contribution in [0.4, 0.5) is 0 Å². The van der Waals surface area contributed by atoms with E-state index in [0.29, 0.717) is 6.61 Å². The third-order valence-electron chi connectivity index (χ3n) is 2.47. The lowest BCUT2D eigenvalue weighted by Gasteiger charge is -2.06. The van der Waals surface area contributed by atoms with Crippen LogP contribution < -0.4 is 4.74 Å². The van der Waals surface area contributed by atoms with Crippen molar-refractivity contribution >= 4 is 28.0 Å². The third-order valence-corrected chi connectivity index (χ3v) is 2.90. The molecular formula is C15H12BrNO3. The molecule has 0 fully saturated rings. The molecule has 102 valence electrons. The van der Waals surface area contributed by atoms with Gasteiger partial charge in [-0.1, -0.05) is 12.1 Å². The van der Waals surface area contributed by atoms with Gasteiger partial charge in [-0.15, -0.1) is 0 Å². The first kappa shape index (κ1) is 14.3. The number of carboxylic acid groups (broad SMARTS) is 1. The topological polar surface area (TPSA) is 59.4 Å². The predicted octanol–water partition coefficient (Wildman–Crippen LogP) is 3.52. The van der Waals surface area contributed by atoms with E-state index in [9.17, 15) is 4.79 Å². The smallest absolute Gasteiger partial charge is 0.328 e. The maximum atomic E-state index is 10.4. The van der Waals surface area contributed by atoms with Gasteiger partial charge in [0.2, 0.25) is 0 Å². The molecule has 0 aliphatic carbocycles. The van der Waals surface area contributed by atoms with Crippen LogP contribution in [0.2, 0.25) is 0 Å². The predicted molar refractivity (Wildman–Crippen MR) is 79.4 cm³/mol. The molecule has 1 N–H and O–H groups in total. The Morgan fingerprint density at radius 2 is 2.05 bits per heavy atom. The highest BCUT2D eigenvalue weighted by molar-refractivity contribution is 9.10. The number of ether oxygens (including phenoxy) is 1. The van der Waals surface area contributed by atoms with E-state index < -0.39 is 5.97 Å². The number of nitrogens with zero attached hydrogens (tertiary/aromatic N) is 1. The zero-order chi connectivity index (χ0) is 14.4. The molecule has 1 aromatic carbocycles. The third kappa shape index (κ3) is 4.51. The van der Waals surface area contributed by atoms with Crippen LogP contribution in [0.15, 0.2) is 53.3 Å². The van der Waals surface area contributed by atoms with Gasteiger partial charge in [0.15, 0.2) is 0 Å². The van der Waals surface area contributed by atoms with Gasteiger partial charge in [-0.3, -0.25) is 4.98 Å². The summed E-state index contributed by atoms with van der Waals surface area (Å²) in [6, 6.07) is 9.14. The molecule has 2 aromatic rings. The van der Waals surface area contributed by atoms with Gasteiger partial charge >= 0.3 is 5.97 Å². The average molecular weight is 334 g/mol. The van der Waals surface area contributed by atoms with E-state index in [4.69, 9.17) is 9.84 Å². The number of pyridine rings is 1. The van der Waals surface area contributed by atoms with Gasteiger partial charge in [-0.25, -0.2) is 4.79 Å². The highest BCUT2D eigenvalue weighted by atomic mass is 79.9. The fourth-order valence-electron chi connectivity index (χ4n) is 1.54. The zero-order valence-electron chi connectivity index (χ0n) is 10.5. The van der Waals surface area contributed by atoms with Gasteiger partial charge < -0.3 is 9.84 Å². The van der Waals surface area contributed by atoms with Gasteiger partial charge in [-0.05, 0) is 45.8 Å². The van der Waals surface area contributed by atoms with Gasteiger partial charge in [-0.2, -0.15) is 0 Å². The second kappa shape index (κ2) is 6.86. The van der Waals surface area contributed by atoms with Crippen LogP contribution in [0, 0.1) is 0 Å². The van der Waals surface area contributed by atoms with Crippen molar-refractivity contribution in [2.45, 2.75) is 6.61 Å². The van der Waals surface area contributed by atoms with E-state index in [0.717, 1.165) is 27.4 Å². The number of hydrogen-bond donors (Lipinski definition) is 1. The number of benzene rings is 1. The molecule has 5 heteroatoms. The molecule has 0 atom stereocenters. The molecule has 0 amide bonds. The Kier molecular flexibility index (Phi) is 4.90. The normalized spacial score (nSPS) is 10.7. The number of aromatic nitrogens is 1. The maximum absolute atomic E-state index is 10.4. The van der Waals surface area contributed by atoms with Gasteiger partial charge in [0.1, 0.15) is 12.4 Å². The minimum Gasteiger partial charge on any atom is -0.489 e. The zero-order valence-corrected chi connectivity index (χ0v) is 12.1. The Labute approximate surface area is 124 Å². The van der Waals surface area contributed by atoms with Crippen LogP contribution in [0.25, 0.3) is 6.08 Å². The number of rotatable bonds is 5. The summed E-state index contributed by atoms with van der Waals surface area (Å²) in [7, 11) is 0. The fourth-order valence-corrected chi connectivity index (χ4v) is 1.96. The van der Waals surface area contributed by atoms with E-state index in [2.05, 4.69) is 20.9 Å². The fraction of sp³-hybridized carbons (Fsp3) is 0.0667. The van der Waals surface area contributed by atoms with Crippen molar-refractivity contribution in [1.29, 1.82) is 0 Å². The Hall–Kier alpha value is -2.14. The Bertz CT molecular complexity index is 623. The first-order valence-electron chi connectivity index (χ1n) is 5.87. The van der Waals surface area contributed by atoms with Gasteiger partial charge in [0, 0.05) is 28.5 Å². The summed E-state index contributed by atoms with van der Waals surface area (Å²) < 4.78 is 6.54. The standard InChI is InChI=1S/C15H12BrNO3/c16-13-7-12(8-17-9-13)10-20-14-4-1-11(2-5-14)3-6-15(18)19/h1-9H,10H2,(H,18,19)/b6-3+. The number of carboxylic acids is 1. The van der Waals surface area contributed by atoms with Crippen molar-refractivity contribution in [3.05, 3.63) is 64.4 Å². The molecule has 4 nitrogen and oxygen atoms in total. The van der Waals surface area contributed by atoms with Crippen molar-refractivity contribution in [3.8, 4) is 5.75 Å². The second-order valence-corrected chi connectivity index (χ2v) is 4.96. The molecule has 0 spiro atoms. The van der Waals surface area contributed by atoms with Crippen molar-refractivity contribution in [3.63, 3.8) is 0 Å². The molecule has 1 heterocycles. The lowest BCUT2D eigenvalue weighted by Crippen LogP contribution is -1.96. The SMILES string of the molecule is O=C(O)/C=C/c1ccc(OCc2cncc(Br)c2)cc1. The van der Waals surface area contributed by atoms with Crippen molar-refractivity contribution in [1.82, 2.24) is 4.98 Å². The number of aliphatic carboxylic acids is 1. The number of carbonyl (C=O) groups is 1. The lowest BCUT2D eigenvalue weighted by molar-refractivity contribution is -0.131. The first-order valence-corrected chi connectivity index (χ1v) is 6.66. The molecule has 0 aliphatic rings. The van der Waals surface area contributed by atoms with Gasteiger partial charge in [0.05, 0.1) is 0 Å². The van der Waals surface area contributed by atoms with Crippen LogP contribution in [0.3, 0.4) is 0 Å². The van der Waals surface area contributed by atoms with Crippen molar-refractivity contribution in [2.75, 3.05) is 0 Å². The Morgan fingerprint density at radius 1 is 1.30 bits per heavy atom. The van der Waals surface area contributed by atoms with E-state index in [1.807, 2.05) is 6.07 Å². The molecule has 1 aromatic heterocycles. The van der Waals surface area contributed by atoms with E-state index in [1.165, 1.54) is 6.08 Å². The summed E-state index contributed by atoms with van der Waals surface area (Å²) in [5.41, 5.74) is 1.78. The van der Waals surface area contributed by atoms with Crippen LogP contribution in [-0.2, 0) is 11.4 Å². The Morgan fingerprint density at radius 3 is 2.70 bits per heavy atom. The molecule has 20 heavy (non-hydrogen) atoms. The summed E-state index contributed by atoms with van der Waals surface area (Å²) in [4.78, 5) is 14.5. The summed E-state index contributed by atoms with van der Waals surface area (Å²) in [6.07, 6.45) is 6.09. The maximum Gasteiger partial charge on any atom is 0.328 e. The van der Waals surface area contributed by atoms with Crippen molar-refractivity contribution < 1.29 is 14.6 Å². The van der Waals surface area contributed by atoms with E-state index in [1.54, 1.807) is 36.7 Å².